The fourth-order valence-corrected chi connectivity index (χ4v) is 3.97. The Balaban J connectivity index is 1.69. The molecule has 1 aromatic rings. The summed E-state index contributed by atoms with van der Waals surface area (Å²) in [6.07, 6.45) is -1.28. The highest BCUT2D eigenvalue weighted by Gasteiger charge is 2.51. The van der Waals surface area contributed by atoms with E-state index in [2.05, 4.69) is 9.72 Å². The minimum absolute atomic E-state index is 0.153. The van der Waals surface area contributed by atoms with E-state index in [0.29, 0.717) is 18.4 Å². The number of halogens is 3. The van der Waals surface area contributed by atoms with Gasteiger partial charge in [-0.25, -0.2) is 9.78 Å². The fraction of sp³-hybridized carbons (Fsp3) is 0.684. The summed E-state index contributed by atoms with van der Waals surface area (Å²) >= 11 is 0. The molecule has 0 saturated carbocycles. The van der Waals surface area contributed by atoms with Gasteiger partial charge in [0.25, 0.3) is 0 Å². The van der Waals surface area contributed by atoms with Gasteiger partial charge in [-0.3, -0.25) is 0 Å². The van der Waals surface area contributed by atoms with Crippen molar-refractivity contribution in [1.29, 1.82) is 0 Å². The molecule has 0 aromatic carbocycles. The number of hydrogen-bond acceptors (Lipinski definition) is 5. The van der Waals surface area contributed by atoms with Crippen LogP contribution in [0.15, 0.2) is 18.3 Å². The van der Waals surface area contributed by atoms with Crippen LogP contribution < -0.4 is 4.74 Å². The Bertz CT molecular complexity index is 701. The van der Waals surface area contributed by atoms with E-state index in [1.807, 2.05) is 0 Å². The van der Waals surface area contributed by atoms with Crippen molar-refractivity contribution in [3.63, 3.8) is 0 Å². The molecule has 2 aliphatic rings. The standard InChI is InChI=1S/C19H25F3N2O4/c1-17(2,3)28-16(25)24-13-5-6-14(24)9-18(26,8-13)12-4-7-15(23-10-12)27-11-19(20,21)22/h4,7,10,13-14,26H,5-6,8-9,11H2,1-3H3. The molecule has 0 radical (unpaired) electrons. The highest BCUT2D eigenvalue weighted by Crippen LogP contribution is 2.46. The number of pyridine rings is 1. The average Bonchev–Trinajstić information content (AvgIpc) is 2.84. The second-order valence-electron chi connectivity index (χ2n) is 8.50. The molecule has 3 rings (SSSR count). The summed E-state index contributed by atoms with van der Waals surface area (Å²) in [6.45, 7) is 4.00. The lowest BCUT2D eigenvalue weighted by molar-refractivity contribution is -0.154. The van der Waals surface area contributed by atoms with E-state index < -0.39 is 24.0 Å². The van der Waals surface area contributed by atoms with Gasteiger partial charge in [0.15, 0.2) is 6.61 Å². The molecule has 1 N–H and O–H groups in total. The predicted molar refractivity (Wildman–Crippen MR) is 93.8 cm³/mol. The molecular formula is C19H25F3N2O4. The number of piperidine rings is 1. The van der Waals surface area contributed by atoms with Crippen LogP contribution in [0.25, 0.3) is 0 Å². The lowest BCUT2D eigenvalue weighted by atomic mass is 9.81. The second kappa shape index (κ2) is 7.09. The van der Waals surface area contributed by atoms with Crippen LogP contribution in [0.5, 0.6) is 5.88 Å². The minimum atomic E-state index is -4.44. The molecule has 1 aromatic heterocycles. The van der Waals surface area contributed by atoms with Crippen molar-refractivity contribution in [2.45, 2.75) is 75.9 Å². The number of rotatable bonds is 3. The van der Waals surface area contributed by atoms with Gasteiger partial charge in [0.2, 0.25) is 5.88 Å². The van der Waals surface area contributed by atoms with Crippen LogP contribution in [0.2, 0.25) is 0 Å². The number of carbonyl (C=O) groups excluding carboxylic acids is 1. The van der Waals surface area contributed by atoms with Gasteiger partial charge in [-0.15, -0.1) is 0 Å². The Morgan fingerprint density at radius 2 is 1.86 bits per heavy atom. The van der Waals surface area contributed by atoms with Crippen molar-refractivity contribution in [2.24, 2.45) is 0 Å². The Morgan fingerprint density at radius 3 is 2.32 bits per heavy atom. The molecule has 2 aliphatic heterocycles. The maximum atomic E-state index is 12.5. The molecule has 6 nitrogen and oxygen atoms in total. The second-order valence-corrected chi connectivity index (χ2v) is 8.50. The summed E-state index contributed by atoms with van der Waals surface area (Å²) in [6, 6.07) is 2.54. The van der Waals surface area contributed by atoms with E-state index in [1.165, 1.54) is 18.3 Å². The van der Waals surface area contributed by atoms with Gasteiger partial charge in [0.05, 0.1) is 5.60 Å². The van der Waals surface area contributed by atoms with E-state index in [9.17, 15) is 23.1 Å². The Kier molecular flexibility index (Phi) is 5.24. The van der Waals surface area contributed by atoms with Crippen molar-refractivity contribution in [1.82, 2.24) is 9.88 Å². The maximum absolute atomic E-state index is 12.5. The monoisotopic (exact) mass is 402 g/mol. The van der Waals surface area contributed by atoms with Crippen LogP contribution in [0.1, 0.15) is 52.0 Å². The Morgan fingerprint density at radius 1 is 1.25 bits per heavy atom. The molecule has 2 fully saturated rings. The molecule has 2 saturated heterocycles. The van der Waals surface area contributed by atoms with Crippen molar-refractivity contribution in [3.8, 4) is 5.88 Å². The zero-order valence-electron chi connectivity index (χ0n) is 16.1. The number of amides is 1. The van der Waals surface area contributed by atoms with E-state index in [1.54, 1.807) is 25.7 Å². The van der Waals surface area contributed by atoms with Gasteiger partial charge < -0.3 is 19.5 Å². The molecule has 0 spiro atoms. The van der Waals surface area contributed by atoms with Crippen LogP contribution in [0.4, 0.5) is 18.0 Å². The van der Waals surface area contributed by atoms with Crippen molar-refractivity contribution < 1.29 is 32.5 Å². The van der Waals surface area contributed by atoms with Crippen LogP contribution in [-0.2, 0) is 10.3 Å². The highest BCUT2D eigenvalue weighted by molar-refractivity contribution is 5.69. The number of hydrogen-bond donors (Lipinski definition) is 1. The first-order valence-electron chi connectivity index (χ1n) is 9.26. The third-order valence-corrected chi connectivity index (χ3v) is 5.03. The number of carbonyl (C=O) groups is 1. The van der Waals surface area contributed by atoms with Crippen LogP contribution >= 0.6 is 0 Å². The van der Waals surface area contributed by atoms with Crippen LogP contribution in [-0.4, -0.2) is 51.6 Å². The summed E-state index contributed by atoms with van der Waals surface area (Å²) < 4.78 is 46.8. The Labute approximate surface area is 161 Å². The first kappa shape index (κ1) is 20.7. The van der Waals surface area contributed by atoms with Gasteiger partial charge >= 0.3 is 12.3 Å². The van der Waals surface area contributed by atoms with Gasteiger partial charge in [0, 0.05) is 42.8 Å². The van der Waals surface area contributed by atoms with Crippen molar-refractivity contribution >= 4 is 6.09 Å². The zero-order chi connectivity index (χ0) is 20.7. The minimum Gasteiger partial charge on any atom is -0.468 e. The topological polar surface area (TPSA) is 71.9 Å². The molecule has 2 atom stereocenters. The number of aromatic nitrogens is 1. The lowest BCUT2D eigenvalue weighted by Crippen LogP contribution is -2.53. The molecule has 9 heteroatoms. The van der Waals surface area contributed by atoms with Gasteiger partial charge in [-0.05, 0) is 39.7 Å². The van der Waals surface area contributed by atoms with Gasteiger partial charge in [-0.1, -0.05) is 0 Å². The average molecular weight is 402 g/mol. The molecule has 1 amide bonds. The van der Waals surface area contributed by atoms with Crippen LogP contribution in [0, 0.1) is 0 Å². The predicted octanol–water partition coefficient (Wildman–Crippen LogP) is 3.77. The van der Waals surface area contributed by atoms with Crippen molar-refractivity contribution in [3.05, 3.63) is 23.9 Å². The quantitative estimate of drug-likeness (QED) is 0.833. The number of ether oxygens (including phenoxy) is 2. The molecule has 2 unspecified atom stereocenters. The van der Waals surface area contributed by atoms with Crippen LogP contribution in [0.3, 0.4) is 0 Å². The van der Waals surface area contributed by atoms with E-state index in [-0.39, 0.29) is 24.1 Å². The number of alkyl halides is 3. The van der Waals surface area contributed by atoms with Gasteiger partial charge in [0.1, 0.15) is 5.60 Å². The molecule has 3 heterocycles. The lowest BCUT2D eigenvalue weighted by Gasteiger charge is -2.44. The summed E-state index contributed by atoms with van der Waals surface area (Å²) in [5.74, 6) is -0.154. The largest absolute Gasteiger partial charge is 0.468 e. The third kappa shape index (κ3) is 4.68. The SMILES string of the molecule is CC(C)(C)OC(=O)N1C2CCC1CC(O)(c1ccc(OCC(F)(F)F)nc1)C2. The summed E-state index contributed by atoms with van der Waals surface area (Å²) in [4.78, 5) is 18.1. The smallest absolute Gasteiger partial charge is 0.422 e. The molecular weight excluding hydrogens is 377 g/mol. The van der Waals surface area contributed by atoms with Crippen molar-refractivity contribution in [2.75, 3.05) is 6.61 Å². The molecule has 28 heavy (non-hydrogen) atoms. The number of fused-ring (bicyclic) bond motifs is 2. The van der Waals surface area contributed by atoms with E-state index >= 15 is 0 Å². The molecule has 2 bridgehead atoms. The van der Waals surface area contributed by atoms with E-state index in [4.69, 9.17) is 4.74 Å². The molecule has 156 valence electrons. The summed E-state index contributed by atoms with van der Waals surface area (Å²) in [7, 11) is 0. The first-order chi connectivity index (χ1) is 12.9. The van der Waals surface area contributed by atoms with Gasteiger partial charge in [-0.2, -0.15) is 13.2 Å². The first-order valence-corrected chi connectivity index (χ1v) is 9.26. The Hall–Kier alpha value is -2.03. The maximum Gasteiger partial charge on any atom is 0.422 e. The highest BCUT2D eigenvalue weighted by atomic mass is 19.4. The number of nitrogens with zero attached hydrogens (tertiary/aromatic N) is 2. The normalized spacial score (nSPS) is 27.6. The number of aliphatic hydroxyl groups is 1. The zero-order valence-corrected chi connectivity index (χ0v) is 16.1. The summed E-state index contributed by atoms with van der Waals surface area (Å²) in [5.41, 5.74) is -1.28. The summed E-state index contributed by atoms with van der Waals surface area (Å²) in [5, 5.41) is 11.2. The third-order valence-electron chi connectivity index (χ3n) is 5.03. The molecule has 0 aliphatic carbocycles. The fourth-order valence-electron chi connectivity index (χ4n) is 3.97. The van der Waals surface area contributed by atoms with E-state index in [0.717, 1.165) is 12.8 Å².